The van der Waals surface area contributed by atoms with Crippen LogP contribution in [0.25, 0.3) is 5.69 Å². The lowest BCUT2D eigenvalue weighted by molar-refractivity contribution is 0.320. The fraction of sp³-hybridized carbons (Fsp3) is 0.294. The van der Waals surface area contributed by atoms with Crippen molar-refractivity contribution in [2.24, 2.45) is 4.99 Å². The largest absolute Gasteiger partial charge is 0.337 e. The molecule has 0 bridgehead atoms. The van der Waals surface area contributed by atoms with Crippen molar-refractivity contribution in [2.75, 3.05) is 10.0 Å². The van der Waals surface area contributed by atoms with Gasteiger partial charge in [0, 0.05) is 11.0 Å². The lowest BCUT2D eigenvalue weighted by atomic mass is 9.97. The van der Waals surface area contributed by atoms with Crippen LogP contribution in [0.3, 0.4) is 0 Å². The van der Waals surface area contributed by atoms with Gasteiger partial charge in [-0.1, -0.05) is 39.0 Å². The second kappa shape index (κ2) is 4.69. The molecule has 126 valence electrons. The van der Waals surface area contributed by atoms with Gasteiger partial charge in [-0.15, -0.1) is 0 Å². The van der Waals surface area contributed by atoms with E-state index in [2.05, 4.69) is 32.2 Å². The van der Waals surface area contributed by atoms with Crippen molar-refractivity contribution in [3.8, 4) is 5.69 Å². The van der Waals surface area contributed by atoms with Crippen molar-refractivity contribution in [3.63, 3.8) is 0 Å². The van der Waals surface area contributed by atoms with Gasteiger partial charge in [-0.05, 0) is 11.2 Å². The molecule has 0 saturated carbocycles. The summed E-state index contributed by atoms with van der Waals surface area (Å²) in [5.74, 6) is 1.96. The highest BCUT2D eigenvalue weighted by Crippen LogP contribution is 2.42. The van der Waals surface area contributed by atoms with Crippen LogP contribution in [-0.2, 0) is 5.41 Å². The number of anilines is 2. The van der Waals surface area contributed by atoms with Crippen LogP contribution in [0, 0.1) is 0 Å². The van der Waals surface area contributed by atoms with Crippen molar-refractivity contribution in [3.05, 3.63) is 48.2 Å². The molecule has 2 aliphatic heterocycles. The van der Waals surface area contributed by atoms with E-state index in [1.54, 1.807) is 12.7 Å². The minimum Gasteiger partial charge on any atom is -0.337 e. The Kier molecular flexibility index (Phi) is 2.66. The van der Waals surface area contributed by atoms with Gasteiger partial charge in [0.2, 0.25) is 5.89 Å². The molecule has 0 N–H and O–H groups in total. The highest BCUT2D eigenvalue weighted by atomic mass is 16.5. The van der Waals surface area contributed by atoms with E-state index in [0.29, 0.717) is 11.8 Å². The van der Waals surface area contributed by atoms with Gasteiger partial charge < -0.3 is 4.52 Å². The summed E-state index contributed by atoms with van der Waals surface area (Å²) in [6, 6.07) is 8.18. The average molecular weight is 335 g/mol. The second-order valence-electron chi connectivity index (χ2n) is 7.16. The highest BCUT2D eigenvalue weighted by Gasteiger charge is 2.40. The zero-order chi connectivity index (χ0) is 17.2. The molecule has 1 unspecified atom stereocenters. The quantitative estimate of drug-likeness (QED) is 0.681. The molecular weight excluding hydrogens is 318 g/mol. The zero-order valence-electron chi connectivity index (χ0n) is 14.2. The molecule has 0 saturated heterocycles. The van der Waals surface area contributed by atoms with E-state index < -0.39 is 0 Å². The standard InChI is InChI=1S/C17H17N7O/c1-17(2,3)15-20-16(21-25-15)23-10-19-14-11-6-4-5-7-12(11)22-9-18-8-13(22)24(14)23/h4-10,14H,1-3H3. The molecule has 8 heteroatoms. The molecule has 4 heterocycles. The van der Waals surface area contributed by atoms with Gasteiger partial charge in [0.15, 0.2) is 12.0 Å². The number of imidazole rings is 1. The highest BCUT2D eigenvalue weighted by molar-refractivity contribution is 5.85. The number of benzene rings is 1. The van der Waals surface area contributed by atoms with Crippen LogP contribution in [-0.4, -0.2) is 26.0 Å². The Morgan fingerprint density at radius 1 is 1.16 bits per heavy atom. The molecule has 2 aromatic heterocycles. The summed E-state index contributed by atoms with van der Waals surface area (Å²) < 4.78 is 7.49. The van der Waals surface area contributed by atoms with E-state index in [-0.39, 0.29) is 11.6 Å². The molecule has 25 heavy (non-hydrogen) atoms. The van der Waals surface area contributed by atoms with Gasteiger partial charge in [-0.2, -0.15) is 4.98 Å². The van der Waals surface area contributed by atoms with Crippen molar-refractivity contribution in [2.45, 2.75) is 32.4 Å². The third kappa shape index (κ3) is 1.93. The molecule has 1 atom stereocenters. The minimum atomic E-state index is -0.211. The lowest BCUT2D eigenvalue weighted by Gasteiger charge is -2.35. The SMILES string of the molecule is CC(C)(C)c1nc(N2C=NC3c4ccccc4-n4cncc4N32)no1. The maximum absolute atomic E-state index is 5.45. The van der Waals surface area contributed by atoms with E-state index in [9.17, 15) is 0 Å². The molecule has 8 nitrogen and oxygen atoms in total. The van der Waals surface area contributed by atoms with Gasteiger partial charge in [0.1, 0.15) is 12.7 Å². The summed E-state index contributed by atoms with van der Waals surface area (Å²) in [4.78, 5) is 13.5. The van der Waals surface area contributed by atoms with Crippen molar-refractivity contribution in [1.82, 2.24) is 19.7 Å². The zero-order valence-corrected chi connectivity index (χ0v) is 14.2. The molecule has 0 radical (unpaired) electrons. The van der Waals surface area contributed by atoms with E-state index in [4.69, 9.17) is 4.52 Å². The smallest absolute Gasteiger partial charge is 0.290 e. The summed E-state index contributed by atoms with van der Waals surface area (Å²) in [6.45, 7) is 6.12. The Bertz CT molecular complexity index is 981. The lowest BCUT2D eigenvalue weighted by Crippen LogP contribution is -2.43. The number of aliphatic imine (C=N–C) groups is 1. The normalized spacial score (nSPS) is 18.3. The van der Waals surface area contributed by atoms with Gasteiger partial charge in [0.05, 0.1) is 11.9 Å². The van der Waals surface area contributed by atoms with Crippen molar-refractivity contribution < 1.29 is 4.52 Å². The molecule has 0 aliphatic carbocycles. The van der Waals surface area contributed by atoms with Gasteiger partial charge in [-0.25, -0.2) is 20.0 Å². The van der Waals surface area contributed by atoms with Gasteiger partial charge in [0.25, 0.3) is 5.95 Å². The Hall–Kier alpha value is -3.16. The Labute approximate surface area is 144 Å². The first kappa shape index (κ1) is 14.2. The molecule has 3 aromatic rings. The van der Waals surface area contributed by atoms with Crippen LogP contribution in [0.15, 0.2) is 46.3 Å². The fourth-order valence-electron chi connectivity index (χ4n) is 3.14. The molecule has 0 spiro atoms. The second-order valence-corrected chi connectivity index (χ2v) is 7.16. The predicted molar refractivity (Wildman–Crippen MR) is 92.8 cm³/mol. The van der Waals surface area contributed by atoms with Crippen LogP contribution in [0.2, 0.25) is 0 Å². The number of hydrogen-bond donors (Lipinski definition) is 0. The maximum atomic E-state index is 5.45. The fourth-order valence-corrected chi connectivity index (χ4v) is 3.14. The minimum absolute atomic E-state index is 0.169. The summed E-state index contributed by atoms with van der Waals surface area (Å²) in [5.41, 5.74) is 1.97. The molecule has 1 aromatic carbocycles. The van der Waals surface area contributed by atoms with E-state index in [1.165, 1.54) is 0 Å². The van der Waals surface area contributed by atoms with Crippen LogP contribution >= 0.6 is 0 Å². The van der Waals surface area contributed by atoms with Gasteiger partial charge >= 0.3 is 0 Å². The Morgan fingerprint density at radius 3 is 2.80 bits per heavy atom. The number of para-hydroxylation sites is 1. The number of fused-ring (bicyclic) bond motifs is 6. The summed E-state index contributed by atoms with van der Waals surface area (Å²) in [5, 5.41) is 7.98. The molecule has 0 fully saturated rings. The summed E-state index contributed by atoms with van der Waals surface area (Å²) >= 11 is 0. The maximum Gasteiger partial charge on any atom is 0.290 e. The topological polar surface area (TPSA) is 75.6 Å². The van der Waals surface area contributed by atoms with E-state index in [0.717, 1.165) is 17.1 Å². The first-order valence-electron chi connectivity index (χ1n) is 8.11. The first-order valence-corrected chi connectivity index (χ1v) is 8.11. The van der Waals surface area contributed by atoms with Gasteiger partial charge in [-0.3, -0.25) is 4.57 Å². The van der Waals surface area contributed by atoms with Crippen LogP contribution < -0.4 is 10.0 Å². The summed E-state index contributed by atoms with van der Waals surface area (Å²) in [7, 11) is 0. The first-order chi connectivity index (χ1) is 12.0. The van der Waals surface area contributed by atoms with Crippen molar-refractivity contribution in [1.29, 1.82) is 0 Å². The molecule has 5 rings (SSSR count). The summed E-state index contributed by atoms with van der Waals surface area (Å²) in [6.07, 6.45) is 5.19. The molecule has 0 amide bonds. The number of nitrogens with zero attached hydrogens (tertiary/aromatic N) is 7. The number of aromatic nitrogens is 4. The molecule has 2 aliphatic rings. The van der Waals surface area contributed by atoms with E-state index in [1.807, 2.05) is 53.7 Å². The average Bonchev–Trinajstić information content (AvgIpc) is 3.31. The molecular formula is C17H17N7O. The predicted octanol–water partition coefficient (Wildman–Crippen LogP) is 2.83. The van der Waals surface area contributed by atoms with Crippen LogP contribution in [0.1, 0.15) is 38.4 Å². The van der Waals surface area contributed by atoms with Crippen LogP contribution in [0.5, 0.6) is 0 Å². The number of hydrazine groups is 1. The number of hydrogen-bond acceptors (Lipinski definition) is 7. The third-order valence-electron chi connectivity index (χ3n) is 4.37. The van der Waals surface area contributed by atoms with E-state index >= 15 is 0 Å². The van der Waals surface area contributed by atoms with Crippen LogP contribution in [0.4, 0.5) is 11.8 Å². The number of rotatable bonds is 1. The van der Waals surface area contributed by atoms with Crippen molar-refractivity contribution >= 4 is 18.1 Å². The Morgan fingerprint density at radius 2 is 2.00 bits per heavy atom. The Balaban J connectivity index is 1.62. The monoisotopic (exact) mass is 335 g/mol. The third-order valence-corrected chi connectivity index (χ3v) is 4.37.